The van der Waals surface area contributed by atoms with E-state index in [1.165, 1.54) is 66.8 Å². The number of para-hydroxylation sites is 1. The van der Waals surface area contributed by atoms with Gasteiger partial charge in [-0.05, 0) is 58.2 Å². The molecular weight excluding hydrogens is 375 g/mol. The van der Waals surface area contributed by atoms with Gasteiger partial charge in [-0.2, -0.15) is 5.46 Å². The van der Waals surface area contributed by atoms with Gasteiger partial charge in [-0.25, -0.2) is 4.57 Å². The summed E-state index contributed by atoms with van der Waals surface area (Å²) in [7, 11) is 2.19. The van der Waals surface area contributed by atoms with Crippen LogP contribution in [0.4, 0.5) is 0 Å². The van der Waals surface area contributed by atoms with Crippen molar-refractivity contribution in [3.8, 4) is 16.8 Å². The minimum Gasteiger partial charge on any atom is -0.273 e. The van der Waals surface area contributed by atoms with Gasteiger partial charge in [0, 0.05) is 5.56 Å². The summed E-state index contributed by atoms with van der Waals surface area (Å²) in [4.78, 5) is 0. The van der Waals surface area contributed by atoms with Crippen LogP contribution in [0.2, 0.25) is 0 Å². The SMILES string of the molecule is Cc1cc(C)c([B@@H-]2c3cccc(-c4c(C)cc(C)cc4C)c3-n3cc[n+](C)c32)c(C)c1. The van der Waals surface area contributed by atoms with Gasteiger partial charge in [0.25, 0.3) is 0 Å². The van der Waals surface area contributed by atoms with E-state index >= 15 is 0 Å². The molecule has 0 bridgehead atoms. The second-order valence-electron chi connectivity index (χ2n) is 9.69. The third-order valence-electron chi connectivity index (χ3n) is 7.32. The number of nitrogens with zero attached hydrogens (tertiary/aromatic N) is 2. The molecular formula is C28H31BN2. The molecule has 3 heteroatoms. The molecule has 0 radical (unpaired) electrons. The maximum atomic E-state index is 2.46. The second kappa shape index (κ2) is 6.98. The molecule has 0 fully saturated rings. The van der Waals surface area contributed by atoms with Gasteiger partial charge in [0.05, 0.1) is 12.8 Å². The van der Waals surface area contributed by atoms with Crippen LogP contribution >= 0.6 is 0 Å². The van der Waals surface area contributed by atoms with Crippen molar-refractivity contribution in [3.05, 3.63) is 88.2 Å². The van der Waals surface area contributed by atoms with Crippen molar-refractivity contribution in [2.24, 2.45) is 7.05 Å². The summed E-state index contributed by atoms with van der Waals surface area (Å²) in [5.41, 5.74) is 16.7. The Morgan fingerprint density at radius 3 is 1.97 bits per heavy atom. The number of fused-ring (bicyclic) bond motifs is 3. The lowest BCUT2D eigenvalue weighted by molar-refractivity contribution is -0.652. The van der Waals surface area contributed by atoms with E-state index in [1.807, 2.05) is 0 Å². The zero-order valence-electron chi connectivity index (χ0n) is 19.8. The standard InChI is InChI=1S/C28H31BN2/c1-17-13-19(3)25(20(4)14-17)23-9-8-10-24-27(23)31-12-11-30(7)28(31)29(24)26-21(5)15-18(2)16-22(26)6/h8-16,29H,1-7H3/t29-/m0/s1. The zero-order valence-corrected chi connectivity index (χ0v) is 19.8. The van der Waals surface area contributed by atoms with Gasteiger partial charge < -0.3 is 0 Å². The number of hydrogen-bond acceptors (Lipinski definition) is 0. The van der Waals surface area contributed by atoms with Gasteiger partial charge >= 0.3 is 0 Å². The monoisotopic (exact) mass is 406 g/mol. The van der Waals surface area contributed by atoms with Gasteiger partial charge in [-0.15, -0.1) is 5.46 Å². The number of rotatable bonds is 2. The fourth-order valence-electron chi connectivity index (χ4n) is 6.39. The summed E-state index contributed by atoms with van der Waals surface area (Å²) in [6.07, 6.45) is 4.46. The van der Waals surface area contributed by atoms with Crippen LogP contribution in [0.1, 0.15) is 33.4 Å². The summed E-state index contributed by atoms with van der Waals surface area (Å²) in [5, 5.41) is 0. The molecule has 0 spiro atoms. The first kappa shape index (κ1) is 19.9. The number of imidazole rings is 1. The second-order valence-corrected chi connectivity index (χ2v) is 9.69. The van der Waals surface area contributed by atoms with Crippen LogP contribution in [0, 0.1) is 41.5 Å². The lowest BCUT2D eigenvalue weighted by Gasteiger charge is -2.23. The van der Waals surface area contributed by atoms with Crippen molar-refractivity contribution < 1.29 is 4.57 Å². The van der Waals surface area contributed by atoms with Crippen LogP contribution in [0.25, 0.3) is 16.8 Å². The van der Waals surface area contributed by atoms with E-state index in [9.17, 15) is 0 Å². The molecule has 1 aromatic heterocycles. The van der Waals surface area contributed by atoms with E-state index in [2.05, 4.69) is 113 Å². The number of hydrogen-bond donors (Lipinski definition) is 0. The Balaban J connectivity index is 1.85. The van der Waals surface area contributed by atoms with Crippen molar-refractivity contribution in [3.63, 3.8) is 0 Å². The maximum absolute atomic E-state index is 2.46. The van der Waals surface area contributed by atoms with E-state index in [4.69, 9.17) is 0 Å². The molecule has 0 amide bonds. The van der Waals surface area contributed by atoms with Gasteiger partial charge in [-0.3, -0.25) is 4.57 Å². The van der Waals surface area contributed by atoms with E-state index in [0.717, 1.165) is 0 Å². The molecule has 2 heterocycles. The Labute approximate surface area is 186 Å². The van der Waals surface area contributed by atoms with Crippen LogP contribution in [0.15, 0.2) is 54.9 Å². The zero-order chi connectivity index (χ0) is 22.0. The van der Waals surface area contributed by atoms with Crippen LogP contribution in [-0.2, 0) is 7.05 Å². The highest BCUT2D eigenvalue weighted by Gasteiger charge is 2.36. The van der Waals surface area contributed by atoms with E-state index < -0.39 is 6.71 Å². The molecule has 5 rings (SSSR count). The lowest BCUT2D eigenvalue weighted by Crippen LogP contribution is -2.62. The molecule has 0 saturated carbocycles. The Morgan fingerprint density at radius 2 is 1.35 bits per heavy atom. The molecule has 156 valence electrons. The summed E-state index contributed by atoms with van der Waals surface area (Å²) in [6.45, 7) is 12.6. The Kier molecular flexibility index (Phi) is 4.48. The van der Waals surface area contributed by atoms with Gasteiger partial charge in [0.1, 0.15) is 18.1 Å². The molecule has 1 aliphatic heterocycles. The summed E-state index contributed by atoms with van der Waals surface area (Å²) in [5.74, 6) is 0. The van der Waals surface area contributed by atoms with Crippen LogP contribution < -0.4 is 21.2 Å². The fraction of sp³-hybridized carbons (Fsp3) is 0.250. The van der Waals surface area contributed by atoms with Crippen molar-refractivity contribution in [1.29, 1.82) is 0 Å². The predicted octanol–water partition coefficient (Wildman–Crippen LogP) is 3.38. The molecule has 4 aromatic rings. The molecule has 3 aromatic carbocycles. The van der Waals surface area contributed by atoms with Gasteiger partial charge in [0.2, 0.25) is 0 Å². The van der Waals surface area contributed by atoms with Crippen LogP contribution in [0.3, 0.4) is 0 Å². The normalized spacial score (nSPS) is 14.6. The minimum atomic E-state index is -0.860. The molecule has 0 unspecified atom stereocenters. The smallest absolute Gasteiger partial charge is 0.166 e. The fourth-order valence-corrected chi connectivity index (χ4v) is 6.39. The molecule has 0 N–H and O–H groups in total. The maximum Gasteiger partial charge on any atom is 0.166 e. The van der Waals surface area contributed by atoms with E-state index in [-0.39, 0.29) is 0 Å². The Morgan fingerprint density at radius 1 is 0.774 bits per heavy atom. The average molecular weight is 406 g/mol. The van der Waals surface area contributed by atoms with Crippen LogP contribution in [-0.4, -0.2) is 11.3 Å². The highest BCUT2D eigenvalue weighted by Crippen LogP contribution is 2.33. The number of benzene rings is 3. The summed E-state index contributed by atoms with van der Waals surface area (Å²) in [6, 6.07) is 16.3. The molecule has 0 aliphatic carbocycles. The average Bonchev–Trinajstić information content (AvgIpc) is 3.19. The quantitative estimate of drug-likeness (QED) is 0.314. The Hall–Kier alpha value is -3.07. The van der Waals surface area contributed by atoms with Crippen molar-refractivity contribution in [2.45, 2.75) is 41.5 Å². The molecule has 2 nitrogen and oxygen atoms in total. The first-order valence-electron chi connectivity index (χ1n) is 11.3. The topological polar surface area (TPSA) is 8.81 Å². The minimum absolute atomic E-state index is 0.860. The largest absolute Gasteiger partial charge is 0.273 e. The summed E-state index contributed by atoms with van der Waals surface area (Å²) < 4.78 is 4.79. The molecule has 1 atom stereocenters. The molecule has 1 aliphatic rings. The number of aromatic nitrogens is 2. The predicted molar refractivity (Wildman–Crippen MR) is 133 cm³/mol. The third-order valence-corrected chi connectivity index (χ3v) is 7.32. The Bertz CT molecular complexity index is 1310. The third kappa shape index (κ3) is 2.90. The first-order chi connectivity index (χ1) is 14.8. The first-order valence-corrected chi connectivity index (χ1v) is 11.3. The highest BCUT2D eigenvalue weighted by atomic mass is 15.1. The van der Waals surface area contributed by atoms with E-state index in [1.54, 1.807) is 0 Å². The van der Waals surface area contributed by atoms with Crippen molar-refractivity contribution >= 4 is 23.4 Å². The van der Waals surface area contributed by atoms with Crippen LogP contribution in [0.5, 0.6) is 0 Å². The van der Waals surface area contributed by atoms with Crippen molar-refractivity contribution in [1.82, 2.24) is 4.57 Å². The van der Waals surface area contributed by atoms with Gasteiger partial charge in [0.15, 0.2) is 6.71 Å². The van der Waals surface area contributed by atoms with Crippen molar-refractivity contribution in [2.75, 3.05) is 0 Å². The number of aryl methyl sites for hydroxylation is 7. The highest BCUT2D eigenvalue weighted by molar-refractivity contribution is 6.96. The van der Waals surface area contributed by atoms with Gasteiger partial charge in [-0.1, -0.05) is 64.7 Å². The molecule has 0 saturated heterocycles. The lowest BCUT2D eigenvalue weighted by atomic mass is 9.39. The van der Waals surface area contributed by atoms with E-state index in [0.29, 0.717) is 0 Å². The summed E-state index contributed by atoms with van der Waals surface area (Å²) >= 11 is 0. The molecule has 31 heavy (non-hydrogen) atoms.